The molecule has 0 amide bonds. The molecule has 0 aliphatic rings. The normalized spacial score (nSPS) is 10.3. The molecule has 19 heavy (non-hydrogen) atoms. The van der Waals surface area contributed by atoms with Gasteiger partial charge < -0.3 is 10.1 Å². The lowest BCUT2D eigenvalue weighted by Gasteiger charge is -2.12. The van der Waals surface area contributed by atoms with Crippen LogP contribution in [0.15, 0.2) is 45.3 Å². The number of rotatable bonds is 4. The van der Waals surface area contributed by atoms with Crippen LogP contribution in [0.2, 0.25) is 0 Å². The van der Waals surface area contributed by atoms with E-state index in [0.717, 1.165) is 25.9 Å². The second kappa shape index (κ2) is 6.39. The first-order chi connectivity index (χ1) is 9.10. The van der Waals surface area contributed by atoms with E-state index in [1.807, 2.05) is 18.2 Å². The van der Waals surface area contributed by atoms with E-state index in [0.29, 0.717) is 6.54 Å². The van der Waals surface area contributed by atoms with Gasteiger partial charge in [0.05, 0.1) is 12.8 Å². The smallest absolute Gasteiger partial charge is 0.142 e. The molecule has 0 spiro atoms. The highest BCUT2D eigenvalue weighted by molar-refractivity contribution is 9.10. The van der Waals surface area contributed by atoms with Crippen molar-refractivity contribution in [1.29, 1.82) is 0 Å². The fraction of sp³-hybridized carbons (Fsp3) is 0.143. The van der Waals surface area contributed by atoms with Crippen molar-refractivity contribution in [2.45, 2.75) is 6.54 Å². The molecule has 0 saturated heterocycles. The van der Waals surface area contributed by atoms with Crippen LogP contribution in [0.4, 0.5) is 10.1 Å². The Bertz CT molecular complexity index is 590. The lowest BCUT2D eigenvalue weighted by atomic mass is 10.2. The average molecular weight is 389 g/mol. The third kappa shape index (κ3) is 3.70. The highest BCUT2D eigenvalue weighted by Gasteiger charge is 2.05. The summed E-state index contributed by atoms with van der Waals surface area (Å²) in [5.41, 5.74) is 1.86. The Morgan fingerprint density at radius 3 is 2.63 bits per heavy atom. The molecule has 0 aromatic heterocycles. The van der Waals surface area contributed by atoms with Crippen molar-refractivity contribution in [3.8, 4) is 5.75 Å². The summed E-state index contributed by atoms with van der Waals surface area (Å²) in [6.45, 7) is 0.577. The molecule has 2 rings (SSSR count). The molecule has 5 heteroatoms. The monoisotopic (exact) mass is 387 g/mol. The van der Waals surface area contributed by atoms with Gasteiger partial charge in [-0.3, -0.25) is 0 Å². The van der Waals surface area contributed by atoms with E-state index >= 15 is 0 Å². The molecule has 0 unspecified atom stereocenters. The highest BCUT2D eigenvalue weighted by atomic mass is 79.9. The molecule has 0 bridgehead atoms. The van der Waals surface area contributed by atoms with Crippen LogP contribution in [0.25, 0.3) is 0 Å². The first kappa shape index (κ1) is 14.3. The number of nitrogens with one attached hydrogen (secondary N) is 1. The Morgan fingerprint density at radius 1 is 1.16 bits per heavy atom. The van der Waals surface area contributed by atoms with Crippen molar-refractivity contribution in [2.75, 3.05) is 12.4 Å². The van der Waals surface area contributed by atoms with E-state index in [-0.39, 0.29) is 5.82 Å². The number of ether oxygens (including phenoxy) is 1. The van der Waals surface area contributed by atoms with E-state index in [1.165, 1.54) is 12.1 Å². The highest BCUT2D eigenvalue weighted by Crippen LogP contribution is 2.29. The Balaban J connectivity index is 2.16. The van der Waals surface area contributed by atoms with E-state index in [2.05, 4.69) is 37.2 Å². The van der Waals surface area contributed by atoms with Crippen molar-refractivity contribution in [2.24, 2.45) is 0 Å². The van der Waals surface area contributed by atoms with Gasteiger partial charge in [0.25, 0.3) is 0 Å². The zero-order valence-corrected chi connectivity index (χ0v) is 13.4. The third-order valence-electron chi connectivity index (χ3n) is 2.65. The Hall–Kier alpha value is -1.07. The van der Waals surface area contributed by atoms with E-state index in [1.54, 1.807) is 13.2 Å². The van der Waals surface area contributed by atoms with E-state index < -0.39 is 0 Å². The molecule has 100 valence electrons. The quantitative estimate of drug-likeness (QED) is 0.798. The molecule has 0 saturated carbocycles. The van der Waals surface area contributed by atoms with Crippen molar-refractivity contribution >= 4 is 37.5 Å². The summed E-state index contributed by atoms with van der Waals surface area (Å²) in [4.78, 5) is 0. The molecule has 0 aliphatic carbocycles. The van der Waals surface area contributed by atoms with Crippen LogP contribution in [-0.2, 0) is 6.54 Å². The minimum atomic E-state index is -0.254. The number of halogens is 3. The third-order valence-corrected chi connectivity index (χ3v) is 3.88. The average Bonchev–Trinajstić information content (AvgIpc) is 2.38. The van der Waals surface area contributed by atoms with Crippen molar-refractivity contribution in [1.82, 2.24) is 0 Å². The maximum atomic E-state index is 13.0. The maximum absolute atomic E-state index is 13.0. The van der Waals surface area contributed by atoms with Gasteiger partial charge in [0, 0.05) is 15.5 Å². The van der Waals surface area contributed by atoms with E-state index in [9.17, 15) is 4.39 Å². The van der Waals surface area contributed by atoms with Crippen LogP contribution < -0.4 is 10.1 Å². The number of benzene rings is 2. The van der Waals surface area contributed by atoms with Crippen LogP contribution in [0.1, 0.15) is 5.56 Å². The summed E-state index contributed by atoms with van der Waals surface area (Å²) in [6.07, 6.45) is 0. The van der Waals surface area contributed by atoms with Gasteiger partial charge in [0.1, 0.15) is 11.6 Å². The summed E-state index contributed by atoms with van der Waals surface area (Å²) in [6, 6.07) is 10.4. The SMILES string of the molecule is COc1ccc(Br)cc1NCc1ccc(F)cc1Br. The van der Waals surface area contributed by atoms with Crippen LogP contribution >= 0.6 is 31.9 Å². The molecule has 1 N–H and O–H groups in total. The number of methoxy groups -OCH3 is 1. The summed E-state index contributed by atoms with van der Waals surface area (Å²) >= 11 is 6.77. The van der Waals surface area contributed by atoms with Crippen LogP contribution in [-0.4, -0.2) is 7.11 Å². The Labute approximate surface area is 128 Å². The zero-order valence-electron chi connectivity index (χ0n) is 10.2. The van der Waals surface area contributed by atoms with E-state index in [4.69, 9.17) is 4.74 Å². The molecule has 2 aromatic carbocycles. The molecule has 2 nitrogen and oxygen atoms in total. The van der Waals surface area contributed by atoms with Gasteiger partial charge in [-0.1, -0.05) is 37.9 Å². The molecule has 0 fully saturated rings. The van der Waals surface area contributed by atoms with Gasteiger partial charge in [0.2, 0.25) is 0 Å². The summed E-state index contributed by atoms with van der Waals surface area (Å²) in [5.74, 6) is 0.511. The minimum Gasteiger partial charge on any atom is -0.495 e. The van der Waals surface area contributed by atoms with Gasteiger partial charge >= 0.3 is 0 Å². The minimum absolute atomic E-state index is 0.254. The second-order valence-electron chi connectivity index (χ2n) is 3.93. The predicted octanol–water partition coefficient (Wildman–Crippen LogP) is 4.97. The van der Waals surface area contributed by atoms with Crippen LogP contribution in [0.5, 0.6) is 5.75 Å². The van der Waals surface area contributed by atoms with Crippen molar-refractivity contribution < 1.29 is 9.13 Å². The fourth-order valence-corrected chi connectivity index (χ4v) is 2.53. The first-order valence-corrected chi connectivity index (χ1v) is 7.20. The molecule has 0 aliphatic heterocycles. The van der Waals surface area contributed by atoms with Crippen LogP contribution in [0.3, 0.4) is 0 Å². The summed E-state index contributed by atoms with van der Waals surface area (Å²) in [7, 11) is 1.63. The topological polar surface area (TPSA) is 21.3 Å². The summed E-state index contributed by atoms with van der Waals surface area (Å²) in [5, 5.41) is 3.27. The summed E-state index contributed by atoms with van der Waals surface area (Å²) < 4.78 is 20.0. The largest absolute Gasteiger partial charge is 0.495 e. The molecule has 2 aromatic rings. The predicted molar refractivity (Wildman–Crippen MR) is 82.1 cm³/mol. The fourth-order valence-electron chi connectivity index (χ4n) is 1.67. The van der Waals surface area contributed by atoms with Gasteiger partial charge in [-0.25, -0.2) is 4.39 Å². The maximum Gasteiger partial charge on any atom is 0.142 e. The zero-order chi connectivity index (χ0) is 13.8. The number of hydrogen-bond acceptors (Lipinski definition) is 2. The van der Waals surface area contributed by atoms with Gasteiger partial charge in [-0.05, 0) is 35.9 Å². The van der Waals surface area contributed by atoms with Gasteiger partial charge in [0.15, 0.2) is 0 Å². The molecule has 0 atom stereocenters. The van der Waals surface area contributed by atoms with Gasteiger partial charge in [-0.2, -0.15) is 0 Å². The molecular formula is C14H12Br2FNO. The van der Waals surface area contributed by atoms with Crippen molar-refractivity contribution in [3.05, 3.63) is 56.7 Å². The lowest BCUT2D eigenvalue weighted by Crippen LogP contribution is -2.02. The first-order valence-electron chi connectivity index (χ1n) is 5.61. The Morgan fingerprint density at radius 2 is 1.95 bits per heavy atom. The van der Waals surface area contributed by atoms with Crippen molar-refractivity contribution in [3.63, 3.8) is 0 Å². The number of hydrogen-bond donors (Lipinski definition) is 1. The second-order valence-corrected chi connectivity index (χ2v) is 5.70. The molecular weight excluding hydrogens is 377 g/mol. The van der Waals surface area contributed by atoms with Crippen LogP contribution in [0, 0.1) is 5.82 Å². The standard InChI is InChI=1S/C14H12Br2FNO/c1-19-14-5-3-10(15)6-13(14)18-8-9-2-4-11(17)7-12(9)16/h2-7,18H,8H2,1H3. The molecule has 0 heterocycles. The Kier molecular flexibility index (Phi) is 4.82. The van der Waals surface area contributed by atoms with Gasteiger partial charge in [-0.15, -0.1) is 0 Å². The number of anilines is 1. The lowest BCUT2D eigenvalue weighted by molar-refractivity contribution is 0.416. The molecule has 0 radical (unpaired) electrons.